The van der Waals surface area contributed by atoms with Crippen molar-refractivity contribution in [2.45, 2.75) is 341 Å². The molecule has 0 aliphatic carbocycles. The Hall–Kier alpha value is -0.760. The monoisotopic (exact) mass is 1050 g/mol. The van der Waals surface area contributed by atoms with Crippen molar-refractivity contribution in [3.63, 3.8) is 0 Å². The van der Waals surface area contributed by atoms with Crippen molar-refractivity contribution in [3.05, 3.63) is 12.2 Å². The number of nitrogens with zero attached hydrogens (tertiary/aromatic N) is 1. The Bertz CT molecular complexity index is 1180. The molecule has 2 atom stereocenters. The normalized spacial score (nSPS) is 13.3. The summed E-state index contributed by atoms with van der Waals surface area (Å²) in [5.74, 6) is -0.323. The highest BCUT2D eigenvalue weighted by Crippen LogP contribution is 2.38. The van der Waals surface area contributed by atoms with Crippen molar-refractivity contribution in [3.8, 4) is 0 Å². The van der Waals surface area contributed by atoms with E-state index in [4.69, 9.17) is 18.5 Å². The van der Waals surface area contributed by atoms with Gasteiger partial charge in [-0.25, -0.2) is 0 Å². The van der Waals surface area contributed by atoms with Crippen molar-refractivity contribution >= 4 is 13.8 Å². The van der Waals surface area contributed by atoms with E-state index in [0.29, 0.717) is 24.1 Å². The van der Waals surface area contributed by atoms with E-state index in [9.17, 15) is 14.3 Å². The van der Waals surface area contributed by atoms with E-state index >= 15 is 0 Å². The SMILES string of the molecule is CCCCCCCCCC/C=C\CCCCCCCCCCCCCCCCOCC(COP(=O)([O-])OCC[N+](C)(C)C)OC(=O)CCCCCCCCCCCCCCCCCCCCCCCCCCC. The van der Waals surface area contributed by atoms with Crippen molar-refractivity contribution in [2.24, 2.45) is 0 Å². The molecule has 8 nitrogen and oxygen atoms in total. The first-order valence-corrected chi connectivity index (χ1v) is 33.9. The van der Waals surface area contributed by atoms with E-state index in [1.807, 2.05) is 21.1 Å². The minimum absolute atomic E-state index is 0.0306. The maximum atomic E-state index is 12.8. The highest BCUT2D eigenvalue weighted by atomic mass is 31.2. The number of hydrogen-bond donors (Lipinski definition) is 0. The van der Waals surface area contributed by atoms with Gasteiger partial charge in [0, 0.05) is 13.0 Å². The minimum Gasteiger partial charge on any atom is -0.756 e. The van der Waals surface area contributed by atoms with Gasteiger partial charge in [-0.15, -0.1) is 0 Å². The Morgan fingerprint density at radius 2 is 0.712 bits per heavy atom. The fourth-order valence-corrected chi connectivity index (χ4v) is 10.6. The molecule has 0 fully saturated rings. The summed E-state index contributed by atoms with van der Waals surface area (Å²) in [4.78, 5) is 25.3. The van der Waals surface area contributed by atoms with E-state index in [1.165, 1.54) is 283 Å². The second-order valence-electron chi connectivity index (χ2n) is 23.5. The highest BCUT2D eigenvalue weighted by molar-refractivity contribution is 7.45. The third-order valence-corrected chi connectivity index (χ3v) is 15.8. The molecule has 0 amide bonds. The molecule has 0 bridgehead atoms. The standard InChI is InChI=1S/C64H128NO7P/c1-6-8-10-12-14-16-18-20-22-24-26-28-30-32-34-36-38-40-42-44-46-48-50-52-54-56-59-69-61-63(62-71-73(67,68)70-60-58-65(3,4)5)72-64(66)57-55-53-51-49-47-45-43-41-39-37-35-33-31-29-27-25-23-21-19-17-15-13-11-9-7-2/h24,26,63H,6-23,25,27-62H2,1-5H3/b26-24-. The van der Waals surface area contributed by atoms with Crippen LogP contribution in [0.1, 0.15) is 335 Å². The molecule has 0 spiro atoms. The summed E-state index contributed by atoms with van der Waals surface area (Å²) in [6.07, 6.45) is 69.9. The van der Waals surface area contributed by atoms with Crippen molar-refractivity contribution in [1.29, 1.82) is 0 Å². The van der Waals surface area contributed by atoms with Crippen molar-refractivity contribution in [1.82, 2.24) is 0 Å². The van der Waals surface area contributed by atoms with Crippen LogP contribution in [0.3, 0.4) is 0 Å². The topological polar surface area (TPSA) is 94.1 Å². The molecule has 0 N–H and O–H groups in total. The van der Waals surface area contributed by atoms with Crippen LogP contribution in [0.2, 0.25) is 0 Å². The van der Waals surface area contributed by atoms with Gasteiger partial charge in [-0.05, 0) is 38.5 Å². The molecule has 2 unspecified atom stereocenters. The van der Waals surface area contributed by atoms with E-state index in [1.54, 1.807) is 0 Å². The lowest BCUT2D eigenvalue weighted by Gasteiger charge is -2.28. The summed E-state index contributed by atoms with van der Waals surface area (Å²) >= 11 is 0. The average Bonchev–Trinajstić information content (AvgIpc) is 3.35. The number of quaternary nitrogens is 1. The molecule has 436 valence electrons. The quantitative estimate of drug-likeness (QED) is 0.0197. The van der Waals surface area contributed by atoms with Gasteiger partial charge in [0.25, 0.3) is 7.82 Å². The van der Waals surface area contributed by atoms with Gasteiger partial charge in [0.2, 0.25) is 0 Å². The molecule has 0 aromatic carbocycles. The number of carbonyl (C=O) groups excluding carboxylic acids is 1. The Morgan fingerprint density at radius 1 is 0.411 bits per heavy atom. The van der Waals surface area contributed by atoms with E-state index in [-0.39, 0.29) is 25.8 Å². The van der Waals surface area contributed by atoms with Gasteiger partial charge in [0.05, 0.1) is 34.4 Å². The molecule has 0 saturated heterocycles. The number of ether oxygens (including phenoxy) is 2. The number of hydrogen-bond acceptors (Lipinski definition) is 7. The predicted octanol–water partition coefficient (Wildman–Crippen LogP) is 20.2. The van der Waals surface area contributed by atoms with Gasteiger partial charge in [0.15, 0.2) is 0 Å². The van der Waals surface area contributed by atoms with Crippen LogP contribution >= 0.6 is 7.82 Å². The number of likely N-dealkylation sites (N-methyl/N-ethyl adjacent to an activating group) is 1. The van der Waals surface area contributed by atoms with E-state index in [2.05, 4.69) is 26.0 Å². The maximum absolute atomic E-state index is 12.8. The Labute approximate surface area is 456 Å². The summed E-state index contributed by atoms with van der Waals surface area (Å²) in [5, 5.41) is 0. The van der Waals surface area contributed by atoms with E-state index < -0.39 is 13.9 Å². The molecular formula is C64H128NO7P. The Balaban J connectivity index is 3.95. The molecule has 0 aromatic rings. The Kier molecular flexibility index (Phi) is 56.8. The zero-order valence-corrected chi connectivity index (χ0v) is 50.8. The molecule has 0 aliphatic rings. The molecule has 9 heteroatoms. The second kappa shape index (κ2) is 57.4. The first-order chi connectivity index (χ1) is 35.6. The first-order valence-electron chi connectivity index (χ1n) is 32.4. The summed E-state index contributed by atoms with van der Waals surface area (Å²) in [6, 6.07) is 0. The minimum atomic E-state index is -4.53. The van der Waals surface area contributed by atoms with Crippen LogP contribution in [-0.2, 0) is 27.9 Å². The zero-order valence-electron chi connectivity index (χ0n) is 49.9. The fourth-order valence-electron chi connectivity index (χ4n) is 9.84. The summed E-state index contributed by atoms with van der Waals surface area (Å²) in [7, 11) is 1.38. The van der Waals surface area contributed by atoms with Gasteiger partial charge in [-0.1, -0.05) is 302 Å². The smallest absolute Gasteiger partial charge is 0.306 e. The number of carbonyl (C=O) groups is 1. The lowest BCUT2D eigenvalue weighted by atomic mass is 10.0. The summed E-state index contributed by atoms with van der Waals surface area (Å²) in [6.45, 7) is 5.51. The average molecular weight is 1050 g/mol. The molecule has 73 heavy (non-hydrogen) atoms. The van der Waals surface area contributed by atoms with E-state index in [0.717, 1.165) is 32.1 Å². The van der Waals surface area contributed by atoms with Crippen LogP contribution in [0, 0.1) is 0 Å². The predicted molar refractivity (Wildman–Crippen MR) is 314 cm³/mol. The van der Waals surface area contributed by atoms with Gasteiger partial charge in [0.1, 0.15) is 19.3 Å². The highest BCUT2D eigenvalue weighted by Gasteiger charge is 2.20. The maximum Gasteiger partial charge on any atom is 0.306 e. The van der Waals surface area contributed by atoms with Gasteiger partial charge in [-0.2, -0.15) is 0 Å². The third-order valence-electron chi connectivity index (χ3n) is 14.8. The first kappa shape index (κ1) is 72.2. The number of unbranched alkanes of at least 4 members (excludes halogenated alkanes) is 46. The third kappa shape index (κ3) is 62.0. The summed E-state index contributed by atoms with van der Waals surface area (Å²) < 4.78 is 35.0. The van der Waals surface area contributed by atoms with Crippen LogP contribution in [0.15, 0.2) is 12.2 Å². The Morgan fingerprint density at radius 3 is 1.04 bits per heavy atom. The summed E-state index contributed by atoms with van der Waals surface area (Å²) in [5.41, 5.74) is 0. The van der Waals surface area contributed by atoms with Crippen LogP contribution in [0.25, 0.3) is 0 Å². The number of phosphoric acid groups is 1. The number of phosphoric ester groups is 1. The molecule has 0 radical (unpaired) electrons. The lowest BCUT2D eigenvalue weighted by molar-refractivity contribution is -0.870. The van der Waals surface area contributed by atoms with Crippen LogP contribution in [0.5, 0.6) is 0 Å². The van der Waals surface area contributed by atoms with Crippen molar-refractivity contribution < 1.29 is 37.3 Å². The number of allylic oxidation sites excluding steroid dienone is 2. The molecule has 0 aliphatic heterocycles. The molecule has 0 heterocycles. The van der Waals surface area contributed by atoms with Crippen molar-refractivity contribution in [2.75, 3.05) is 54.1 Å². The van der Waals surface area contributed by atoms with Gasteiger partial charge in [-0.3, -0.25) is 9.36 Å². The second-order valence-corrected chi connectivity index (χ2v) is 24.9. The van der Waals surface area contributed by atoms with Gasteiger partial charge >= 0.3 is 5.97 Å². The molecule has 0 aromatic heterocycles. The number of esters is 1. The van der Waals surface area contributed by atoms with Crippen LogP contribution < -0.4 is 4.89 Å². The molecule has 0 saturated carbocycles. The van der Waals surface area contributed by atoms with Crippen LogP contribution in [0.4, 0.5) is 0 Å². The van der Waals surface area contributed by atoms with Gasteiger partial charge < -0.3 is 27.9 Å². The molecule has 0 rings (SSSR count). The van der Waals surface area contributed by atoms with Crippen LogP contribution in [-0.4, -0.2) is 70.7 Å². The lowest BCUT2D eigenvalue weighted by Crippen LogP contribution is -2.37. The zero-order chi connectivity index (χ0) is 53.3. The number of rotatable bonds is 62. The largest absolute Gasteiger partial charge is 0.756 e. The fraction of sp³-hybridized carbons (Fsp3) is 0.953. The molecular weight excluding hydrogens is 926 g/mol.